The van der Waals surface area contributed by atoms with Crippen molar-refractivity contribution in [2.24, 2.45) is 46.8 Å². The van der Waals surface area contributed by atoms with Crippen molar-refractivity contribution in [3.8, 4) is 11.8 Å². The Bertz CT molecular complexity index is 837. The standard InChI is InChI=1S/C27H38N2O2/c1-27-12-11-22-21-7-5-19(4-2-3-15-30)16-20(21)6-8-23(22)24(27)9-10-25(27)26(31)17-29-14-13-28-18-29/h13-14,18-25,30H,3,5-12,15-17H2,1H3/t19-,20?,21-,22?,23+,24-,25+,27-/m0/s1. The van der Waals surface area contributed by atoms with Gasteiger partial charge in [0, 0.05) is 30.7 Å². The van der Waals surface area contributed by atoms with Crippen LogP contribution in [0.1, 0.15) is 71.1 Å². The maximum atomic E-state index is 13.2. The van der Waals surface area contributed by atoms with Crippen LogP contribution in [0.2, 0.25) is 0 Å². The van der Waals surface area contributed by atoms with Crippen LogP contribution in [0.3, 0.4) is 0 Å². The Hall–Kier alpha value is -1.60. The van der Waals surface area contributed by atoms with Crippen LogP contribution in [-0.4, -0.2) is 27.0 Å². The molecule has 0 amide bonds. The average Bonchev–Trinajstić information content (AvgIpc) is 3.40. The molecule has 4 heteroatoms. The van der Waals surface area contributed by atoms with Gasteiger partial charge in [-0.15, -0.1) is 5.92 Å². The molecule has 168 valence electrons. The summed E-state index contributed by atoms with van der Waals surface area (Å²) in [4.78, 5) is 17.3. The van der Waals surface area contributed by atoms with Crippen molar-refractivity contribution in [3.63, 3.8) is 0 Å². The summed E-state index contributed by atoms with van der Waals surface area (Å²) in [6.45, 7) is 3.13. The van der Waals surface area contributed by atoms with Gasteiger partial charge in [0.25, 0.3) is 0 Å². The zero-order valence-corrected chi connectivity index (χ0v) is 19.0. The van der Waals surface area contributed by atoms with E-state index in [0.717, 1.165) is 36.0 Å². The second kappa shape index (κ2) is 8.74. The number of hydrogen-bond acceptors (Lipinski definition) is 3. The van der Waals surface area contributed by atoms with E-state index in [2.05, 4.69) is 23.7 Å². The Balaban J connectivity index is 1.26. The number of fused-ring (bicyclic) bond motifs is 5. The lowest BCUT2D eigenvalue weighted by molar-refractivity contribution is -0.131. The van der Waals surface area contributed by atoms with E-state index in [1.807, 2.05) is 10.8 Å². The Morgan fingerprint density at radius 3 is 2.81 bits per heavy atom. The lowest BCUT2D eigenvalue weighted by Gasteiger charge is -2.56. The molecule has 8 atom stereocenters. The summed E-state index contributed by atoms with van der Waals surface area (Å²) in [6.07, 6.45) is 17.6. The largest absolute Gasteiger partial charge is 0.395 e. The lowest BCUT2D eigenvalue weighted by Crippen LogP contribution is -2.49. The maximum absolute atomic E-state index is 13.2. The highest BCUT2D eigenvalue weighted by atomic mass is 16.2. The first-order valence-electron chi connectivity index (χ1n) is 12.7. The first kappa shape index (κ1) is 21.3. The third-order valence-corrected chi connectivity index (χ3v) is 9.78. The van der Waals surface area contributed by atoms with Gasteiger partial charge in [0.2, 0.25) is 0 Å². The van der Waals surface area contributed by atoms with Gasteiger partial charge in [0.15, 0.2) is 5.78 Å². The van der Waals surface area contributed by atoms with Crippen molar-refractivity contribution < 1.29 is 9.90 Å². The van der Waals surface area contributed by atoms with E-state index in [1.165, 1.54) is 51.4 Å². The first-order valence-corrected chi connectivity index (χ1v) is 12.7. The number of hydrogen-bond donors (Lipinski definition) is 1. The number of aromatic nitrogens is 2. The van der Waals surface area contributed by atoms with E-state index in [0.29, 0.717) is 24.7 Å². The molecule has 1 aromatic rings. The zero-order chi connectivity index (χ0) is 21.4. The van der Waals surface area contributed by atoms with Crippen molar-refractivity contribution in [1.82, 2.24) is 9.55 Å². The Morgan fingerprint density at radius 1 is 1.13 bits per heavy atom. The van der Waals surface area contributed by atoms with Crippen LogP contribution < -0.4 is 0 Å². The summed E-state index contributed by atoms with van der Waals surface area (Å²) < 4.78 is 1.94. The summed E-state index contributed by atoms with van der Waals surface area (Å²) in [7, 11) is 0. The summed E-state index contributed by atoms with van der Waals surface area (Å²) in [5, 5.41) is 9.00. The van der Waals surface area contributed by atoms with Crippen LogP contribution in [0.4, 0.5) is 0 Å². The molecule has 2 unspecified atom stereocenters. The van der Waals surface area contributed by atoms with Crippen LogP contribution in [-0.2, 0) is 11.3 Å². The van der Waals surface area contributed by atoms with Gasteiger partial charge < -0.3 is 9.67 Å². The minimum absolute atomic E-state index is 0.182. The number of rotatable bonds is 4. The minimum atomic E-state index is 0.182. The molecule has 4 saturated carbocycles. The van der Waals surface area contributed by atoms with Gasteiger partial charge in [-0.1, -0.05) is 12.8 Å². The Kier molecular flexibility index (Phi) is 5.99. The molecule has 0 radical (unpaired) electrons. The number of Topliss-reactive ketones (excluding diaryl/α,β-unsaturated/α-hetero) is 1. The molecule has 0 aromatic carbocycles. The average molecular weight is 423 g/mol. The maximum Gasteiger partial charge on any atom is 0.156 e. The molecule has 4 aliphatic rings. The third-order valence-electron chi connectivity index (χ3n) is 9.78. The molecule has 4 fully saturated rings. The summed E-state index contributed by atoms with van der Waals surface area (Å²) in [6, 6.07) is 0. The SMILES string of the molecule is C[C@]12CCC3[C@H]4CC[C@H](C#CCCO)CC4CC[C@H]3[C@@H]1CC[C@@H]2C(=O)Cn1ccnc1. The number of ketones is 1. The molecule has 1 heterocycles. The molecule has 0 saturated heterocycles. The Labute approximate surface area is 187 Å². The highest BCUT2D eigenvalue weighted by Gasteiger charge is 2.58. The van der Waals surface area contributed by atoms with E-state index in [1.54, 1.807) is 12.5 Å². The molecule has 4 nitrogen and oxygen atoms in total. The van der Waals surface area contributed by atoms with Gasteiger partial charge in [-0.25, -0.2) is 4.98 Å². The molecular formula is C27H38N2O2. The van der Waals surface area contributed by atoms with Gasteiger partial charge in [-0.2, -0.15) is 0 Å². The fourth-order valence-electron chi connectivity index (χ4n) is 8.46. The van der Waals surface area contributed by atoms with Gasteiger partial charge >= 0.3 is 0 Å². The number of aliphatic hydroxyl groups excluding tert-OH is 1. The number of nitrogens with zero attached hydrogens (tertiary/aromatic N) is 2. The van der Waals surface area contributed by atoms with E-state index < -0.39 is 0 Å². The summed E-state index contributed by atoms with van der Waals surface area (Å²) in [5.41, 5.74) is 0.207. The fourth-order valence-corrected chi connectivity index (χ4v) is 8.46. The predicted octanol–water partition coefficient (Wildman–Crippen LogP) is 4.72. The highest BCUT2D eigenvalue weighted by molar-refractivity contribution is 5.82. The normalized spacial score (nSPS) is 41.4. The predicted molar refractivity (Wildman–Crippen MR) is 121 cm³/mol. The molecule has 5 rings (SSSR count). The van der Waals surface area contributed by atoms with Gasteiger partial charge in [0.05, 0.1) is 19.5 Å². The lowest BCUT2D eigenvalue weighted by atomic mass is 9.49. The van der Waals surface area contributed by atoms with Crippen LogP contribution >= 0.6 is 0 Å². The highest BCUT2D eigenvalue weighted by Crippen LogP contribution is 2.64. The zero-order valence-electron chi connectivity index (χ0n) is 19.0. The smallest absolute Gasteiger partial charge is 0.156 e. The van der Waals surface area contributed by atoms with Crippen LogP contribution in [0.25, 0.3) is 0 Å². The molecule has 1 aromatic heterocycles. The van der Waals surface area contributed by atoms with Crippen LogP contribution in [0.5, 0.6) is 0 Å². The number of imidazole rings is 1. The molecule has 0 bridgehead atoms. The molecular weight excluding hydrogens is 384 g/mol. The van der Waals surface area contributed by atoms with Crippen molar-refractivity contribution >= 4 is 5.78 Å². The Morgan fingerprint density at radius 2 is 2.00 bits per heavy atom. The second-order valence-electron chi connectivity index (χ2n) is 11.1. The quantitative estimate of drug-likeness (QED) is 0.714. The third kappa shape index (κ3) is 3.88. The fraction of sp³-hybridized carbons (Fsp3) is 0.778. The van der Waals surface area contributed by atoms with E-state index in [-0.39, 0.29) is 17.9 Å². The summed E-state index contributed by atoms with van der Waals surface area (Å²) >= 11 is 0. The number of aliphatic hydroxyl groups is 1. The molecule has 0 spiro atoms. The summed E-state index contributed by atoms with van der Waals surface area (Å²) in [5.74, 6) is 12.1. The van der Waals surface area contributed by atoms with Gasteiger partial charge in [-0.3, -0.25) is 4.79 Å². The van der Waals surface area contributed by atoms with Crippen molar-refractivity contribution in [2.75, 3.05) is 6.61 Å². The van der Waals surface area contributed by atoms with Crippen molar-refractivity contribution in [2.45, 2.75) is 77.7 Å². The number of carbonyl (C=O) groups excluding carboxylic acids is 1. The molecule has 0 aliphatic heterocycles. The van der Waals surface area contributed by atoms with E-state index in [4.69, 9.17) is 5.11 Å². The van der Waals surface area contributed by atoms with Crippen LogP contribution in [0.15, 0.2) is 18.7 Å². The number of carbonyl (C=O) groups is 1. The molecule has 1 N–H and O–H groups in total. The van der Waals surface area contributed by atoms with Crippen molar-refractivity contribution in [3.05, 3.63) is 18.7 Å². The molecule has 31 heavy (non-hydrogen) atoms. The van der Waals surface area contributed by atoms with Crippen molar-refractivity contribution in [1.29, 1.82) is 0 Å². The van der Waals surface area contributed by atoms with E-state index >= 15 is 0 Å². The monoisotopic (exact) mass is 422 g/mol. The first-order chi connectivity index (χ1) is 15.1. The molecule has 4 aliphatic carbocycles. The minimum Gasteiger partial charge on any atom is -0.395 e. The van der Waals surface area contributed by atoms with E-state index in [9.17, 15) is 4.79 Å². The van der Waals surface area contributed by atoms with Gasteiger partial charge in [-0.05, 0) is 92.8 Å². The van der Waals surface area contributed by atoms with Gasteiger partial charge in [0.1, 0.15) is 0 Å². The van der Waals surface area contributed by atoms with Crippen LogP contribution in [0, 0.1) is 58.7 Å². The topological polar surface area (TPSA) is 55.1 Å². The second-order valence-corrected chi connectivity index (χ2v) is 11.1.